The van der Waals surface area contributed by atoms with E-state index in [1.54, 1.807) is 22.9 Å². The number of anilines is 1. The molecule has 7 heteroatoms. The summed E-state index contributed by atoms with van der Waals surface area (Å²) < 4.78 is 16.4. The smallest absolute Gasteiger partial charge is 0.227 e. The highest BCUT2D eigenvalue weighted by Crippen LogP contribution is 2.41. The molecule has 1 aliphatic heterocycles. The molecule has 1 N–H and O–H groups in total. The van der Waals surface area contributed by atoms with Crippen molar-refractivity contribution in [2.45, 2.75) is 43.1 Å². The van der Waals surface area contributed by atoms with Gasteiger partial charge in [0.25, 0.3) is 0 Å². The van der Waals surface area contributed by atoms with Gasteiger partial charge < -0.3 is 5.32 Å². The number of halogens is 1. The van der Waals surface area contributed by atoms with Crippen LogP contribution in [0.4, 0.5) is 10.3 Å². The number of carbonyl (C=O) groups excluding carboxylic acids is 1. The third kappa shape index (κ3) is 3.43. The molecule has 2 aliphatic rings. The molecule has 0 saturated carbocycles. The standard InChI is InChI=1S/C23H21FN4OS/c1-14-6-4-7-15(12-14)13-30-23-26-22-25-18-10-5-11-19(29)20(18)21(28(22)27-23)16-8-2-3-9-17(16)24/h2-4,6-9,12,21H,5,10-11,13H2,1H3,(H,25,26,27). The van der Waals surface area contributed by atoms with Crippen LogP contribution in [0.3, 0.4) is 0 Å². The van der Waals surface area contributed by atoms with Crippen LogP contribution < -0.4 is 5.32 Å². The van der Waals surface area contributed by atoms with Crippen LogP contribution in [0, 0.1) is 12.7 Å². The predicted octanol–water partition coefficient (Wildman–Crippen LogP) is 5.04. The van der Waals surface area contributed by atoms with Gasteiger partial charge in [0.1, 0.15) is 11.9 Å². The fraction of sp³-hybridized carbons (Fsp3) is 0.261. The van der Waals surface area contributed by atoms with E-state index < -0.39 is 6.04 Å². The third-order valence-electron chi connectivity index (χ3n) is 5.50. The molecule has 2 aromatic carbocycles. The molecule has 0 fully saturated rings. The first-order valence-corrected chi connectivity index (χ1v) is 11.0. The Bertz CT molecular complexity index is 1170. The number of carbonyl (C=O) groups is 1. The summed E-state index contributed by atoms with van der Waals surface area (Å²) >= 11 is 1.53. The van der Waals surface area contributed by atoms with Crippen molar-refractivity contribution < 1.29 is 9.18 Å². The lowest BCUT2D eigenvalue weighted by Crippen LogP contribution is -2.32. The molecule has 0 radical (unpaired) electrons. The SMILES string of the molecule is Cc1cccc(CSc2nc3n(n2)C(c2ccccc2F)C2=C(CCCC2=O)N3)c1. The van der Waals surface area contributed by atoms with E-state index >= 15 is 0 Å². The second-order valence-corrected chi connectivity index (χ2v) is 8.60. The summed E-state index contributed by atoms with van der Waals surface area (Å²) in [5.74, 6) is 1.00. The number of ketones is 1. The Morgan fingerprint density at radius 2 is 2.07 bits per heavy atom. The van der Waals surface area contributed by atoms with E-state index in [1.807, 2.05) is 6.07 Å². The number of hydrogen-bond acceptors (Lipinski definition) is 5. The monoisotopic (exact) mass is 420 g/mol. The van der Waals surface area contributed by atoms with E-state index in [9.17, 15) is 9.18 Å². The summed E-state index contributed by atoms with van der Waals surface area (Å²) in [4.78, 5) is 17.4. The summed E-state index contributed by atoms with van der Waals surface area (Å²) in [5.41, 5.74) is 4.30. The quantitative estimate of drug-likeness (QED) is 0.599. The number of nitrogens with zero attached hydrogens (tertiary/aromatic N) is 3. The number of aryl methyl sites for hydroxylation is 1. The Labute approximate surface area is 178 Å². The Balaban J connectivity index is 1.52. The van der Waals surface area contributed by atoms with Crippen molar-refractivity contribution in [3.63, 3.8) is 0 Å². The van der Waals surface area contributed by atoms with Gasteiger partial charge in [-0.25, -0.2) is 9.07 Å². The minimum atomic E-state index is -0.592. The average molecular weight is 421 g/mol. The number of allylic oxidation sites excluding steroid dienone is 2. The topological polar surface area (TPSA) is 59.8 Å². The van der Waals surface area contributed by atoms with Crippen LogP contribution in [0.15, 0.2) is 65.0 Å². The molecule has 0 spiro atoms. The second kappa shape index (κ2) is 7.72. The molecule has 3 aromatic rings. The molecule has 1 unspecified atom stereocenters. The number of hydrogen-bond donors (Lipinski definition) is 1. The van der Waals surface area contributed by atoms with Crippen molar-refractivity contribution in [1.82, 2.24) is 14.8 Å². The summed E-state index contributed by atoms with van der Waals surface area (Å²) in [6, 6.07) is 14.3. The van der Waals surface area contributed by atoms with Crippen LogP contribution in [-0.4, -0.2) is 20.5 Å². The highest BCUT2D eigenvalue weighted by Gasteiger charge is 2.37. The molecule has 2 heterocycles. The molecule has 0 saturated heterocycles. The van der Waals surface area contributed by atoms with Crippen LogP contribution in [0.2, 0.25) is 0 Å². The maximum atomic E-state index is 14.7. The van der Waals surface area contributed by atoms with Gasteiger partial charge in [0, 0.05) is 29.0 Å². The van der Waals surface area contributed by atoms with Gasteiger partial charge in [-0.05, 0) is 31.4 Å². The zero-order valence-electron chi connectivity index (χ0n) is 16.6. The molecule has 0 bridgehead atoms. The number of Topliss-reactive ketones (excluding diaryl/α,β-unsaturated/α-hetero) is 1. The van der Waals surface area contributed by atoms with Gasteiger partial charge in [0.05, 0.1) is 0 Å². The van der Waals surface area contributed by atoms with E-state index in [0.29, 0.717) is 28.7 Å². The highest BCUT2D eigenvalue weighted by atomic mass is 32.2. The van der Waals surface area contributed by atoms with Crippen LogP contribution in [0.25, 0.3) is 0 Å². The number of thioether (sulfide) groups is 1. The normalized spacial score (nSPS) is 18.1. The van der Waals surface area contributed by atoms with Crippen LogP contribution in [0.1, 0.15) is 42.0 Å². The largest absolute Gasteiger partial charge is 0.328 e. The molecule has 152 valence electrons. The maximum absolute atomic E-state index is 14.7. The lowest BCUT2D eigenvalue weighted by atomic mass is 9.85. The van der Waals surface area contributed by atoms with Crippen LogP contribution in [0.5, 0.6) is 0 Å². The zero-order chi connectivity index (χ0) is 20.7. The van der Waals surface area contributed by atoms with E-state index in [4.69, 9.17) is 0 Å². The second-order valence-electron chi connectivity index (χ2n) is 7.66. The number of nitrogens with one attached hydrogen (secondary N) is 1. The van der Waals surface area contributed by atoms with Gasteiger partial charge in [-0.3, -0.25) is 4.79 Å². The van der Waals surface area contributed by atoms with E-state index in [1.165, 1.54) is 29.0 Å². The minimum absolute atomic E-state index is 0.0483. The lowest BCUT2D eigenvalue weighted by molar-refractivity contribution is -0.116. The Kier molecular flexibility index (Phi) is 4.90. The Hall–Kier alpha value is -2.93. The van der Waals surface area contributed by atoms with Gasteiger partial charge in [-0.15, -0.1) is 5.10 Å². The van der Waals surface area contributed by atoms with Crippen molar-refractivity contribution in [1.29, 1.82) is 0 Å². The first-order chi connectivity index (χ1) is 14.6. The minimum Gasteiger partial charge on any atom is -0.328 e. The zero-order valence-corrected chi connectivity index (χ0v) is 17.4. The van der Waals surface area contributed by atoms with Gasteiger partial charge in [0.15, 0.2) is 5.78 Å². The third-order valence-corrected chi connectivity index (χ3v) is 6.41. The van der Waals surface area contributed by atoms with Crippen molar-refractivity contribution in [3.8, 4) is 0 Å². The van der Waals surface area contributed by atoms with E-state index in [2.05, 4.69) is 40.5 Å². The first kappa shape index (κ1) is 19.1. The maximum Gasteiger partial charge on any atom is 0.227 e. The Morgan fingerprint density at radius 3 is 2.90 bits per heavy atom. The first-order valence-electron chi connectivity index (χ1n) is 10.0. The summed E-state index contributed by atoms with van der Waals surface area (Å²) in [7, 11) is 0. The van der Waals surface area contributed by atoms with Gasteiger partial charge in [0.2, 0.25) is 11.1 Å². The molecule has 1 aliphatic carbocycles. The number of aromatic nitrogens is 3. The summed E-state index contributed by atoms with van der Waals surface area (Å²) in [6.07, 6.45) is 2.02. The fourth-order valence-corrected chi connectivity index (χ4v) is 4.90. The van der Waals surface area contributed by atoms with Crippen molar-refractivity contribution >= 4 is 23.5 Å². The summed E-state index contributed by atoms with van der Waals surface area (Å²) in [5, 5.41) is 8.56. The fourth-order valence-electron chi connectivity index (χ4n) is 4.13. The number of benzene rings is 2. The van der Waals surface area contributed by atoms with E-state index in [0.717, 1.165) is 24.3 Å². The van der Waals surface area contributed by atoms with Gasteiger partial charge in [-0.1, -0.05) is 59.8 Å². The molecule has 5 rings (SSSR count). The Morgan fingerprint density at radius 1 is 1.20 bits per heavy atom. The lowest BCUT2D eigenvalue weighted by Gasteiger charge is -2.32. The van der Waals surface area contributed by atoms with Gasteiger partial charge in [-0.2, -0.15) is 4.98 Å². The molecular weight excluding hydrogens is 399 g/mol. The molecule has 1 aromatic heterocycles. The van der Waals surface area contributed by atoms with Gasteiger partial charge >= 0.3 is 0 Å². The molecule has 0 amide bonds. The summed E-state index contributed by atoms with van der Waals surface area (Å²) in [6.45, 7) is 2.07. The highest BCUT2D eigenvalue weighted by molar-refractivity contribution is 7.98. The van der Waals surface area contributed by atoms with Crippen LogP contribution in [-0.2, 0) is 10.5 Å². The molecule has 30 heavy (non-hydrogen) atoms. The molecule has 1 atom stereocenters. The van der Waals surface area contributed by atoms with Crippen LogP contribution >= 0.6 is 11.8 Å². The molecule has 5 nitrogen and oxygen atoms in total. The van der Waals surface area contributed by atoms with Crippen molar-refractivity contribution in [2.75, 3.05) is 5.32 Å². The average Bonchev–Trinajstić information content (AvgIpc) is 3.14. The van der Waals surface area contributed by atoms with E-state index in [-0.39, 0.29) is 11.6 Å². The van der Waals surface area contributed by atoms with Crippen molar-refractivity contribution in [2.24, 2.45) is 0 Å². The predicted molar refractivity (Wildman–Crippen MR) is 115 cm³/mol. The van der Waals surface area contributed by atoms with Crippen molar-refractivity contribution in [3.05, 3.63) is 82.3 Å². The molecular formula is C23H21FN4OS. The number of rotatable bonds is 4. The number of fused-ring (bicyclic) bond motifs is 1.